The zero-order chi connectivity index (χ0) is 68.5. The first-order valence-electron chi connectivity index (χ1n) is 31.7. The number of hydrogen-bond acceptors (Lipinski definition) is 21. The number of fused-ring (bicyclic) bond motifs is 1. The minimum Gasteiger partial charge on any atom is -0.387 e. The topological polar surface area (TPSA) is 412 Å². The lowest BCUT2D eigenvalue weighted by Crippen LogP contribution is -2.36. The van der Waals surface area contributed by atoms with Crippen molar-refractivity contribution in [3.05, 3.63) is 28.3 Å². The first kappa shape index (κ1) is 86.6. The Morgan fingerprint density at radius 2 is 1.13 bits per heavy atom. The van der Waals surface area contributed by atoms with Gasteiger partial charge in [-0.2, -0.15) is 25.4 Å². The molecule has 0 aliphatic carbocycles. The van der Waals surface area contributed by atoms with E-state index in [2.05, 4.69) is 147 Å². The van der Waals surface area contributed by atoms with Gasteiger partial charge in [-0.1, -0.05) is 108 Å². The zero-order valence-electron chi connectivity index (χ0n) is 55.5. The van der Waals surface area contributed by atoms with Gasteiger partial charge in [0.05, 0.1) is 18.7 Å². The van der Waals surface area contributed by atoms with Crippen LogP contribution in [0.3, 0.4) is 0 Å². The molecule has 9 atom stereocenters. The summed E-state index contributed by atoms with van der Waals surface area (Å²) in [6.07, 6.45) is 2.98. The number of nitrogens with one attached hydrogen (secondary N) is 5. The van der Waals surface area contributed by atoms with E-state index in [1.807, 2.05) is 11.8 Å². The maximum absolute atomic E-state index is 12.6. The van der Waals surface area contributed by atoms with Crippen molar-refractivity contribution in [2.45, 2.75) is 189 Å². The van der Waals surface area contributed by atoms with Gasteiger partial charge in [0.1, 0.15) is 24.1 Å². The van der Waals surface area contributed by atoms with E-state index in [-0.39, 0.29) is 66.7 Å². The molecule has 34 heteroatoms. The Hall–Kier alpha value is -3.42. The Balaban J connectivity index is 0.00000232. The lowest BCUT2D eigenvalue weighted by atomic mass is 10.0. The smallest absolute Gasteiger partial charge is 0.387 e. The molecule has 1 aromatic rings. The standard InChI is InChI=1S/C32H53N8O18P3S.4C6H15N/c33-29-19(16-40(32(47)39-29)30-28(45)27(44)21(56-30)17-55-60(51,52)58-61(53,54)57-59(48,49)50)8-6-14-35-25(43)12-7-15-36-23(41)10-2-1-5-13-34-24(42)11-4-3-9-22-26-20(18-62-22)37-31(46)38-26;4*1-4-7(5-2)6-3/h6,8,16,20-22,26-28,30,44-45H,1-5,7,9-15,17-18H2,(H,34,42)(H,35,43)(H,36,41)(H,51,52)(H,53,54)(H2,33,39,47)(H2,37,38,46)(H2,48,49,50);4*4-6H2,1-3H3/b8-6+;;;;/t20-,21-,22-,26-,27-,28-,30-;;;;/m1..../s1. The van der Waals surface area contributed by atoms with Gasteiger partial charge in [0.15, 0.2) is 6.23 Å². The summed E-state index contributed by atoms with van der Waals surface area (Å²) >= 11 is 1.86. The molecule has 90 heavy (non-hydrogen) atoms. The second-order valence-corrected chi connectivity index (χ2v) is 26.6. The molecular formula is C56H113N12O18P3S. The van der Waals surface area contributed by atoms with Gasteiger partial charge in [0.2, 0.25) is 17.7 Å². The van der Waals surface area contributed by atoms with Crippen LogP contribution in [0, 0.1) is 0 Å². The number of nitrogens with zero attached hydrogens (tertiary/aromatic N) is 6. The summed E-state index contributed by atoms with van der Waals surface area (Å²) in [5, 5.41) is 35.5. The molecule has 0 bridgehead atoms. The van der Waals surface area contributed by atoms with Crippen LogP contribution < -0.4 is 38.0 Å². The Morgan fingerprint density at radius 3 is 1.61 bits per heavy atom. The molecule has 0 spiro atoms. The molecule has 4 rings (SSSR count). The number of aromatic nitrogens is 2. The van der Waals surface area contributed by atoms with Crippen LogP contribution in [0.2, 0.25) is 0 Å². The third kappa shape index (κ3) is 37.5. The fourth-order valence-corrected chi connectivity index (χ4v) is 13.8. The molecule has 3 aliphatic rings. The van der Waals surface area contributed by atoms with Crippen molar-refractivity contribution in [2.75, 3.05) is 116 Å². The Labute approximate surface area is 538 Å². The first-order chi connectivity index (χ1) is 42.5. The van der Waals surface area contributed by atoms with Crippen molar-refractivity contribution in [1.29, 1.82) is 0 Å². The number of aliphatic hydroxyl groups excluding tert-OH is 2. The number of aliphatic hydroxyl groups is 2. The molecule has 13 N–H and O–H groups in total. The lowest BCUT2D eigenvalue weighted by molar-refractivity contribution is -0.122. The number of carbonyl (C=O) groups is 4. The normalized spacial score (nSPS) is 20.7. The second-order valence-electron chi connectivity index (χ2n) is 20.9. The highest BCUT2D eigenvalue weighted by atomic mass is 32.2. The number of anilines is 1. The van der Waals surface area contributed by atoms with E-state index in [0.29, 0.717) is 37.5 Å². The summed E-state index contributed by atoms with van der Waals surface area (Å²) in [6.45, 7) is 40.2. The summed E-state index contributed by atoms with van der Waals surface area (Å²) in [5.41, 5.74) is 4.93. The van der Waals surface area contributed by atoms with E-state index in [0.717, 1.165) is 48.6 Å². The molecule has 3 saturated heterocycles. The van der Waals surface area contributed by atoms with Crippen LogP contribution in [0.1, 0.15) is 159 Å². The molecule has 4 heterocycles. The first-order valence-corrected chi connectivity index (χ1v) is 37.3. The lowest BCUT2D eigenvalue weighted by Gasteiger charge is -2.19. The van der Waals surface area contributed by atoms with Crippen molar-refractivity contribution < 1.29 is 80.5 Å². The predicted octanol–water partition coefficient (Wildman–Crippen LogP) is 4.61. The van der Waals surface area contributed by atoms with E-state index in [1.54, 1.807) is 0 Å². The molecule has 526 valence electrons. The van der Waals surface area contributed by atoms with Crippen LogP contribution in [-0.4, -0.2) is 229 Å². The van der Waals surface area contributed by atoms with Crippen LogP contribution in [0.15, 0.2) is 17.1 Å². The summed E-state index contributed by atoms with van der Waals surface area (Å²) in [4.78, 5) is 110. The third-order valence-corrected chi connectivity index (χ3v) is 20.2. The summed E-state index contributed by atoms with van der Waals surface area (Å²) < 4.78 is 52.2. The number of thioether (sulfide) groups is 1. The van der Waals surface area contributed by atoms with E-state index >= 15 is 0 Å². The van der Waals surface area contributed by atoms with Crippen LogP contribution in [0.25, 0.3) is 6.08 Å². The second kappa shape index (κ2) is 48.3. The van der Waals surface area contributed by atoms with Gasteiger partial charge in [0, 0.05) is 61.7 Å². The molecule has 0 radical (unpaired) electrons. The Morgan fingerprint density at radius 1 is 0.667 bits per heavy atom. The largest absolute Gasteiger partial charge is 0.490 e. The molecule has 2 unspecified atom stereocenters. The highest BCUT2D eigenvalue weighted by molar-refractivity contribution is 8.00. The molecule has 3 aliphatic heterocycles. The summed E-state index contributed by atoms with van der Waals surface area (Å²) in [5.74, 6) is 0.205. The van der Waals surface area contributed by atoms with Crippen molar-refractivity contribution in [2.24, 2.45) is 0 Å². The van der Waals surface area contributed by atoms with Crippen molar-refractivity contribution >= 4 is 70.9 Å². The zero-order valence-corrected chi connectivity index (χ0v) is 59.0. The SMILES string of the molecule is CCN(CC)CC.CCN(CC)CC.CCN(CC)CC.CCN(CC)CC.Nc1nc(=O)n([C@@H]2O[C@H](COP(=O)(O)OP(=O)(O)OP(=O)(O)O)[C@@H](O)[C@H]2O)cc1/C=C/CNC(=O)CCCNC(=O)CCCCCNC(=O)CCCC[C@H]1SC[C@H]2NC(=O)N[C@H]21. The highest BCUT2D eigenvalue weighted by Crippen LogP contribution is 2.66. The molecule has 0 aromatic carbocycles. The number of nitrogen functional groups attached to an aromatic ring is 1. The molecule has 1 aromatic heterocycles. The number of phosphoric ester groups is 1. The number of hydrogen-bond donors (Lipinski definition) is 12. The minimum absolute atomic E-state index is 0.00255. The number of amides is 5. The van der Waals surface area contributed by atoms with Crippen molar-refractivity contribution in [3.8, 4) is 0 Å². The summed E-state index contributed by atoms with van der Waals surface area (Å²) in [6, 6.07) is 0.255. The number of phosphoric acid groups is 3. The van der Waals surface area contributed by atoms with Crippen molar-refractivity contribution in [1.82, 2.24) is 55.7 Å². The quantitative estimate of drug-likeness (QED) is 0.0244. The number of ether oxygens (including phenoxy) is 1. The van der Waals surface area contributed by atoms with E-state index in [9.17, 15) is 57.7 Å². The number of carbonyl (C=O) groups excluding carboxylic acids is 4. The van der Waals surface area contributed by atoms with Crippen molar-refractivity contribution in [3.63, 3.8) is 0 Å². The van der Waals surface area contributed by atoms with Gasteiger partial charge in [0.25, 0.3) is 0 Å². The monoisotopic (exact) mass is 1370 g/mol. The molecule has 30 nitrogen and oxygen atoms in total. The average molecular weight is 1370 g/mol. The fraction of sp³-hybridized carbons (Fsp3) is 0.821. The minimum atomic E-state index is -5.82. The van der Waals surface area contributed by atoms with Gasteiger partial charge in [-0.25, -0.2) is 23.3 Å². The molecule has 3 fully saturated rings. The Kier molecular flexibility index (Phi) is 46.5. The molecule has 0 saturated carbocycles. The van der Waals surface area contributed by atoms with Gasteiger partial charge in [-0.3, -0.25) is 23.5 Å². The van der Waals surface area contributed by atoms with Gasteiger partial charge in [-0.15, -0.1) is 0 Å². The fourth-order valence-electron chi connectivity index (χ4n) is 9.25. The van der Waals surface area contributed by atoms with Gasteiger partial charge < -0.3 is 86.4 Å². The molecule has 5 amide bonds. The Bertz CT molecular complexity index is 2330. The number of rotatable bonds is 38. The van der Waals surface area contributed by atoms with E-state index in [1.165, 1.54) is 90.7 Å². The van der Waals surface area contributed by atoms with Gasteiger partial charge in [-0.05, 0) is 111 Å². The van der Waals surface area contributed by atoms with E-state index in [4.69, 9.17) is 20.3 Å². The van der Waals surface area contributed by atoms with E-state index < -0.39 is 60.3 Å². The number of nitrogens with two attached hydrogens (primary N) is 1. The number of urea groups is 1. The predicted molar refractivity (Wildman–Crippen MR) is 352 cm³/mol. The maximum atomic E-state index is 12.6. The number of unbranched alkanes of at least 4 members (excludes halogenated alkanes) is 3. The van der Waals surface area contributed by atoms with Gasteiger partial charge >= 0.3 is 35.2 Å². The third-order valence-electron chi connectivity index (χ3n) is 14.9. The maximum Gasteiger partial charge on any atom is 0.490 e. The molecular weight excluding hydrogens is 1250 g/mol. The summed E-state index contributed by atoms with van der Waals surface area (Å²) in [7, 11) is -17.0. The van der Waals surface area contributed by atoms with Crippen LogP contribution in [0.4, 0.5) is 10.6 Å². The average Bonchev–Trinajstić information content (AvgIpc) is 2.40. The van der Waals surface area contributed by atoms with Crippen LogP contribution >= 0.6 is 35.2 Å². The van der Waals surface area contributed by atoms with Crippen LogP contribution in [-0.2, 0) is 46.0 Å². The van der Waals surface area contributed by atoms with Crippen LogP contribution in [0.5, 0.6) is 0 Å². The highest BCUT2D eigenvalue weighted by Gasteiger charge is 2.47.